The lowest BCUT2D eigenvalue weighted by molar-refractivity contribution is -0.137. The van der Waals surface area contributed by atoms with Gasteiger partial charge in [0.1, 0.15) is 6.61 Å². The Kier molecular flexibility index (Phi) is 5.21. The van der Waals surface area contributed by atoms with Crippen molar-refractivity contribution in [3.05, 3.63) is 108 Å². The fourth-order valence-corrected chi connectivity index (χ4v) is 2.39. The molecular weight excluding hydrogens is 296 g/mol. The normalized spacial score (nSPS) is 11.1. The smallest absolute Gasteiger partial charge is 0.339 e. The van der Waals surface area contributed by atoms with E-state index < -0.39 is 0 Å². The minimum absolute atomic E-state index is 0.263. The highest BCUT2D eigenvalue weighted by molar-refractivity contribution is 6.21. The van der Waals surface area contributed by atoms with Crippen LogP contribution in [0.5, 0.6) is 0 Å². The lowest BCUT2D eigenvalue weighted by atomic mass is 10.0. The summed E-state index contributed by atoms with van der Waals surface area (Å²) in [5.41, 5.74) is 3.34. The molecule has 24 heavy (non-hydrogen) atoms. The van der Waals surface area contributed by atoms with Gasteiger partial charge in [0.2, 0.25) is 0 Å². The van der Waals surface area contributed by atoms with Crippen molar-refractivity contribution >= 4 is 17.6 Å². The van der Waals surface area contributed by atoms with E-state index in [1.54, 1.807) is 0 Å². The number of esters is 1. The van der Waals surface area contributed by atoms with E-state index in [4.69, 9.17) is 4.74 Å². The summed E-state index contributed by atoms with van der Waals surface area (Å²) in [6, 6.07) is 29.1. The Morgan fingerprint density at radius 1 is 0.750 bits per heavy atom. The van der Waals surface area contributed by atoms with Crippen molar-refractivity contribution in [1.29, 1.82) is 0 Å². The SMILES string of the molecule is O=C(OCc1ccccc1)C(=Cc1ccccc1)c1ccccc1. The molecule has 0 amide bonds. The molecule has 0 N–H and O–H groups in total. The highest BCUT2D eigenvalue weighted by atomic mass is 16.5. The molecule has 0 saturated carbocycles. The van der Waals surface area contributed by atoms with Crippen molar-refractivity contribution < 1.29 is 9.53 Å². The molecule has 0 spiro atoms. The molecule has 3 rings (SSSR count). The van der Waals surface area contributed by atoms with E-state index in [2.05, 4.69) is 0 Å². The minimum Gasteiger partial charge on any atom is -0.457 e. The van der Waals surface area contributed by atoms with Gasteiger partial charge >= 0.3 is 5.97 Å². The van der Waals surface area contributed by atoms with E-state index in [1.165, 1.54) is 0 Å². The zero-order chi connectivity index (χ0) is 16.6. The average Bonchev–Trinajstić information content (AvgIpc) is 2.66. The quantitative estimate of drug-likeness (QED) is 0.377. The lowest BCUT2D eigenvalue weighted by Gasteiger charge is -2.09. The second-order valence-corrected chi connectivity index (χ2v) is 5.40. The molecule has 0 radical (unpaired) electrons. The van der Waals surface area contributed by atoms with Crippen molar-refractivity contribution in [1.82, 2.24) is 0 Å². The Hall–Kier alpha value is -3.13. The molecule has 118 valence electrons. The maximum absolute atomic E-state index is 12.6. The Morgan fingerprint density at radius 2 is 1.29 bits per heavy atom. The highest BCUT2D eigenvalue weighted by Gasteiger charge is 2.13. The molecule has 0 aliphatic heterocycles. The van der Waals surface area contributed by atoms with Crippen LogP contribution < -0.4 is 0 Å². The topological polar surface area (TPSA) is 26.3 Å². The van der Waals surface area contributed by atoms with Crippen LogP contribution in [0.15, 0.2) is 91.0 Å². The Bertz CT molecular complexity index is 806. The summed E-state index contributed by atoms with van der Waals surface area (Å²) < 4.78 is 5.51. The number of carbonyl (C=O) groups excluding carboxylic acids is 1. The number of rotatable bonds is 5. The summed E-state index contributed by atoms with van der Waals surface area (Å²) >= 11 is 0. The van der Waals surface area contributed by atoms with Crippen molar-refractivity contribution in [2.24, 2.45) is 0 Å². The van der Waals surface area contributed by atoms with Crippen LogP contribution in [0.1, 0.15) is 16.7 Å². The van der Waals surface area contributed by atoms with Gasteiger partial charge in [-0.1, -0.05) is 91.0 Å². The zero-order valence-electron chi connectivity index (χ0n) is 13.3. The van der Waals surface area contributed by atoms with Gasteiger partial charge in [0, 0.05) is 0 Å². The fraction of sp³-hybridized carbons (Fsp3) is 0.0455. The molecule has 3 aromatic rings. The highest BCUT2D eigenvalue weighted by Crippen LogP contribution is 2.20. The van der Waals surface area contributed by atoms with E-state index in [9.17, 15) is 4.79 Å². The van der Waals surface area contributed by atoms with E-state index >= 15 is 0 Å². The first-order chi connectivity index (χ1) is 11.8. The fourth-order valence-electron chi connectivity index (χ4n) is 2.39. The second-order valence-electron chi connectivity index (χ2n) is 5.40. The molecule has 3 aromatic carbocycles. The van der Waals surface area contributed by atoms with Crippen LogP contribution in [0.3, 0.4) is 0 Å². The minimum atomic E-state index is -0.325. The number of hydrogen-bond acceptors (Lipinski definition) is 2. The maximum atomic E-state index is 12.6. The van der Waals surface area contributed by atoms with Crippen molar-refractivity contribution in [2.75, 3.05) is 0 Å². The third-order valence-corrected chi connectivity index (χ3v) is 3.63. The van der Waals surface area contributed by atoms with Gasteiger partial charge in [-0.25, -0.2) is 4.79 Å². The lowest BCUT2D eigenvalue weighted by Crippen LogP contribution is -2.07. The first kappa shape index (κ1) is 15.8. The third kappa shape index (κ3) is 4.20. The van der Waals surface area contributed by atoms with Gasteiger partial charge < -0.3 is 4.74 Å². The summed E-state index contributed by atoms with van der Waals surface area (Å²) in [7, 11) is 0. The van der Waals surface area contributed by atoms with Gasteiger partial charge in [-0.2, -0.15) is 0 Å². The number of carbonyl (C=O) groups is 1. The van der Waals surface area contributed by atoms with Gasteiger partial charge in [0.15, 0.2) is 0 Å². The molecule has 2 heteroatoms. The van der Waals surface area contributed by atoms with Crippen molar-refractivity contribution in [3.63, 3.8) is 0 Å². The third-order valence-electron chi connectivity index (χ3n) is 3.63. The second kappa shape index (κ2) is 7.93. The van der Waals surface area contributed by atoms with Crippen LogP contribution in [0.2, 0.25) is 0 Å². The molecule has 0 aromatic heterocycles. The maximum Gasteiger partial charge on any atom is 0.339 e. The Balaban J connectivity index is 1.84. The van der Waals surface area contributed by atoms with Gasteiger partial charge in [0.05, 0.1) is 5.57 Å². The van der Waals surface area contributed by atoms with Crippen LogP contribution in [0, 0.1) is 0 Å². The number of ether oxygens (including phenoxy) is 1. The molecule has 0 aliphatic carbocycles. The molecule has 0 atom stereocenters. The Labute approximate surface area is 142 Å². The predicted octanol–water partition coefficient (Wildman–Crippen LogP) is 4.97. The van der Waals surface area contributed by atoms with Crippen molar-refractivity contribution in [3.8, 4) is 0 Å². The van der Waals surface area contributed by atoms with Crippen LogP contribution in [0.25, 0.3) is 11.6 Å². The molecule has 0 bridgehead atoms. The van der Waals surface area contributed by atoms with E-state index in [0.29, 0.717) is 5.57 Å². The first-order valence-electron chi connectivity index (χ1n) is 7.86. The number of hydrogen-bond donors (Lipinski definition) is 0. The van der Waals surface area contributed by atoms with Gasteiger partial charge in [0.25, 0.3) is 0 Å². The van der Waals surface area contributed by atoms with Crippen molar-refractivity contribution in [2.45, 2.75) is 6.61 Å². The molecule has 0 aliphatic rings. The molecule has 0 unspecified atom stereocenters. The molecule has 0 fully saturated rings. The summed E-state index contributed by atoms with van der Waals surface area (Å²) in [6.45, 7) is 0.263. The molecule has 0 saturated heterocycles. The van der Waals surface area contributed by atoms with E-state index in [1.807, 2.05) is 97.1 Å². The summed E-state index contributed by atoms with van der Waals surface area (Å²) in [5.74, 6) is -0.325. The first-order valence-corrected chi connectivity index (χ1v) is 7.86. The summed E-state index contributed by atoms with van der Waals surface area (Å²) in [5, 5.41) is 0. The molecule has 2 nitrogen and oxygen atoms in total. The van der Waals surface area contributed by atoms with E-state index in [0.717, 1.165) is 16.7 Å². The standard InChI is InChI=1S/C22H18O2/c23-22(24-17-19-12-6-2-7-13-19)21(20-14-8-3-9-15-20)16-18-10-4-1-5-11-18/h1-16H,17H2. The molecular formula is C22H18O2. The average molecular weight is 314 g/mol. The van der Waals surface area contributed by atoms with Gasteiger partial charge in [-0.15, -0.1) is 0 Å². The van der Waals surface area contributed by atoms with Crippen LogP contribution in [-0.4, -0.2) is 5.97 Å². The zero-order valence-corrected chi connectivity index (χ0v) is 13.3. The van der Waals surface area contributed by atoms with Crippen LogP contribution in [-0.2, 0) is 16.1 Å². The van der Waals surface area contributed by atoms with Gasteiger partial charge in [-0.05, 0) is 22.8 Å². The monoisotopic (exact) mass is 314 g/mol. The summed E-state index contributed by atoms with van der Waals surface area (Å²) in [4.78, 5) is 12.6. The number of benzene rings is 3. The van der Waals surface area contributed by atoms with Crippen LogP contribution >= 0.6 is 0 Å². The largest absolute Gasteiger partial charge is 0.457 e. The Morgan fingerprint density at radius 3 is 1.92 bits per heavy atom. The summed E-state index contributed by atoms with van der Waals surface area (Å²) in [6.07, 6.45) is 1.86. The van der Waals surface area contributed by atoms with Crippen LogP contribution in [0.4, 0.5) is 0 Å². The van der Waals surface area contributed by atoms with Gasteiger partial charge in [-0.3, -0.25) is 0 Å². The van der Waals surface area contributed by atoms with E-state index in [-0.39, 0.29) is 12.6 Å². The molecule has 0 heterocycles. The predicted molar refractivity (Wildman–Crippen MR) is 97.0 cm³/mol.